The third-order valence-electron chi connectivity index (χ3n) is 10.6. The molecule has 3 aliphatic heterocycles. The van der Waals surface area contributed by atoms with Crippen LogP contribution in [0.4, 0.5) is 0 Å². The molecule has 3 aliphatic rings. The number of hydrogen-bond acceptors (Lipinski definition) is 16. The van der Waals surface area contributed by atoms with Crippen molar-refractivity contribution in [1.82, 2.24) is 0 Å². The fraction of sp³-hybridized carbons (Fsp3) is 0.511. The molecular weight excluding hydrogens is 796 g/mol. The minimum Gasteiger partial charge on any atom is -0.508 e. The Morgan fingerprint density at radius 1 is 0.918 bits per heavy atom. The summed E-state index contributed by atoms with van der Waals surface area (Å²) in [6, 6.07) is 2.26. The van der Waals surface area contributed by atoms with Gasteiger partial charge in [-0.1, -0.05) is 87.1 Å². The smallest absolute Gasteiger partial charge is 0.331 e. The van der Waals surface area contributed by atoms with E-state index in [0.29, 0.717) is 5.92 Å². The highest BCUT2D eigenvalue weighted by Gasteiger charge is 2.63. The number of carbonyl (C=O) groups excluding carboxylic acids is 2. The van der Waals surface area contributed by atoms with Crippen molar-refractivity contribution in [3.63, 3.8) is 0 Å². The van der Waals surface area contributed by atoms with Gasteiger partial charge >= 0.3 is 11.9 Å². The lowest BCUT2D eigenvalue weighted by Crippen LogP contribution is -2.67. The maximum atomic E-state index is 13.4. The van der Waals surface area contributed by atoms with E-state index < -0.39 is 97.9 Å². The average Bonchev–Trinajstić information content (AvgIpc) is 3.60. The number of aliphatic hydroxyl groups excluding tert-OH is 6. The number of aromatic hydroxyl groups is 2. The van der Waals surface area contributed by atoms with Crippen molar-refractivity contribution in [1.29, 1.82) is 0 Å². The first-order valence-corrected chi connectivity index (χ1v) is 20.4. The highest BCUT2D eigenvalue weighted by atomic mass is 16.8. The number of rotatable bonds is 19. The number of hydrogen-bond donors (Lipinski definition) is 8. The van der Waals surface area contributed by atoms with Crippen molar-refractivity contribution >= 4 is 11.9 Å². The van der Waals surface area contributed by atoms with Gasteiger partial charge in [0.25, 0.3) is 0 Å². The Morgan fingerprint density at radius 2 is 1.64 bits per heavy atom. The second kappa shape index (κ2) is 23.7. The van der Waals surface area contributed by atoms with Crippen LogP contribution in [0.15, 0.2) is 96.7 Å². The van der Waals surface area contributed by atoms with Crippen LogP contribution in [-0.2, 0) is 50.4 Å². The molecular formula is C45H60O16. The molecule has 0 aromatic heterocycles. The van der Waals surface area contributed by atoms with Gasteiger partial charge in [0, 0.05) is 18.2 Å². The summed E-state index contributed by atoms with van der Waals surface area (Å²) in [5, 5.41) is 86.5. The van der Waals surface area contributed by atoms with Crippen LogP contribution >= 0.6 is 0 Å². The topological polar surface area (TPSA) is 251 Å². The van der Waals surface area contributed by atoms with E-state index in [4.69, 9.17) is 28.4 Å². The molecule has 0 bridgehead atoms. The molecule has 336 valence electrons. The van der Waals surface area contributed by atoms with Crippen LogP contribution in [0.2, 0.25) is 0 Å². The number of benzene rings is 1. The SMILES string of the molecule is C/C=C/C=C/C=C/C(=O)OC[C@H]1O[C@@H](O[C@H]2[C@H](OC(=O)/C=C\C=C\CC(O)/C(C)=C/C=C/CCC(C)CC)[C@@H](O)[C@@]3(OCc4cc(O)cc(O)c43)O[C@@H]2CO)[C@H](O)[C@@H](O)[C@H]1O. The van der Waals surface area contributed by atoms with E-state index in [1.54, 1.807) is 30.4 Å². The van der Waals surface area contributed by atoms with Gasteiger partial charge in [-0.05, 0) is 56.2 Å². The normalized spacial score (nSPS) is 30.7. The quantitative estimate of drug-likeness (QED) is 0.0566. The lowest BCUT2D eigenvalue weighted by Gasteiger charge is -2.50. The zero-order valence-corrected chi connectivity index (χ0v) is 34.8. The summed E-state index contributed by atoms with van der Waals surface area (Å²) >= 11 is 0. The molecule has 3 heterocycles. The van der Waals surface area contributed by atoms with Crippen LogP contribution < -0.4 is 0 Å². The molecule has 2 saturated heterocycles. The summed E-state index contributed by atoms with van der Waals surface area (Å²) < 4.78 is 34.6. The van der Waals surface area contributed by atoms with E-state index in [9.17, 15) is 50.4 Å². The maximum absolute atomic E-state index is 13.4. The molecule has 12 atom stereocenters. The lowest BCUT2D eigenvalue weighted by molar-refractivity contribution is -0.395. The van der Waals surface area contributed by atoms with E-state index in [0.717, 1.165) is 43.1 Å². The van der Waals surface area contributed by atoms with Gasteiger partial charge in [0.1, 0.15) is 54.7 Å². The molecule has 0 amide bonds. The highest BCUT2D eigenvalue weighted by Crippen LogP contribution is 2.51. The second-order valence-corrected chi connectivity index (χ2v) is 15.1. The van der Waals surface area contributed by atoms with Gasteiger partial charge in [0.15, 0.2) is 18.5 Å². The van der Waals surface area contributed by atoms with Crippen molar-refractivity contribution in [2.45, 2.75) is 127 Å². The Labute approximate surface area is 355 Å². The molecule has 16 heteroatoms. The summed E-state index contributed by atoms with van der Waals surface area (Å²) in [5.41, 5.74) is 0.857. The first-order valence-electron chi connectivity index (χ1n) is 20.4. The molecule has 1 spiro atoms. The largest absolute Gasteiger partial charge is 0.508 e. The van der Waals surface area contributed by atoms with Crippen molar-refractivity contribution in [3.05, 3.63) is 108 Å². The van der Waals surface area contributed by atoms with Gasteiger partial charge in [0.2, 0.25) is 5.79 Å². The van der Waals surface area contributed by atoms with Crippen LogP contribution in [-0.4, -0.2) is 127 Å². The standard InChI is InChI=1S/C45H60O16/c1-5-7-8-9-15-20-35(50)56-26-34-38(52)39(53)40(54)44(58-34)60-41-33(24-46)61-45(37-29(25-57-45)22-30(47)23-32(37)49)43(55)42(41)59-36(51)21-16-11-14-19-31(48)28(4)18-13-10-12-17-27(3)6-2/h5,7-11,13-16,18,20-23,27,31,33-34,38-44,46-49,52-55H,6,12,17,19,24-26H2,1-4H3/b7-5+,9-8+,13-10+,14-11+,20-15+,21-16-,28-18+/t27?,31?,33-,34-,38+,39+,40-,41-,42+,43-,44+,45+/m1/s1. The van der Waals surface area contributed by atoms with Crippen molar-refractivity contribution < 1.29 is 78.9 Å². The predicted molar refractivity (Wildman–Crippen MR) is 220 cm³/mol. The van der Waals surface area contributed by atoms with E-state index >= 15 is 0 Å². The van der Waals surface area contributed by atoms with Crippen molar-refractivity contribution in [3.8, 4) is 11.5 Å². The number of carbonyl (C=O) groups is 2. The Balaban J connectivity index is 1.53. The summed E-state index contributed by atoms with van der Waals surface area (Å²) in [6.07, 6.45) is 7.29. The number of fused-ring (bicyclic) bond motifs is 2. The number of esters is 2. The zero-order chi connectivity index (χ0) is 44.7. The first-order chi connectivity index (χ1) is 29.2. The van der Waals surface area contributed by atoms with Gasteiger partial charge in [-0.25, -0.2) is 9.59 Å². The minimum atomic E-state index is -2.27. The third-order valence-corrected chi connectivity index (χ3v) is 10.6. The predicted octanol–water partition coefficient (Wildman–Crippen LogP) is 3.06. The summed E-state index contributed by atoms with van der Waals surface area (Å²) in [4.78, 5) is 25.7. The van der Waals surface area contributed by atoms with Crippen LogP contribution in [0.25, 0.3) is 0 Å². The van der Waals surface area contributed by atoms with E-state index in [1.807, 2.05) is 26.0 Å². The fourth-order valence-electron chi connectivity index (χ4n) is 6.87. The lowest BCUT2D eigenvalue weighted by atomic mass is 9.86. The number of phenols is 2. The van der Waals surface area contributed by atoms with Crippen LogP contribution in [0.5, 0.6) is 11.5 Å². The average molecular weight is 857 g/mol. The Hall–Kier alpha value is -4.46. The summed E-state index contributed by atoms with van der Waals surface area (Å²) in [6.45, 7) is 6.23. The monoisotopic (exact) mass is 856 g/mol. The van der Waals surface area contributed by atoms with Crippen molar-refractivity contribution in [2.24, 2.45) is 5.92 Å². The maximum Gasteiger partial charge on any atom is 0.331 e. The van der Waals surface area contributed by atoms with Gasteiger partial charge in [0.05, 0.1) is 24.9 Å². The molecule has 0 aliphatic carbocycles. The Bertz CT molecular complexity index is 1810. The molecule has 1 aromatic rings. The number of aliphatic hydroxyl groups is 6. The Kier molecular flexibility index (Phi) is 19.1. The van der Waals surface area contributed by atoms with Gasteiger partial charge in [-0.15, -0.1) is 0 Å². The van der Waals surface area contributed by atoms with E-state index in [1.165, 1.54) is 24.3 Å². The first kappa shape index (κ1) is 49.2. The van der Waals surface area contributed by atoms with Crippen LogP contribution in [0.3, 0.4) is 0 Å². The van der Waals surface area contributed by atoms with Crippen LogP contribution in [0.1, 0.15) is 64.5 Å². The number of ether oxygens (including phenoxy) is 6. The van der Waals surface area contributed by atoms with E-state index in [2.05, 4.69) is 19.9 Å². The third kappa shape index (κ3) is 13.0. The molecule has 4 rings (SSSR count). The van der Waals surface area contributed by atoms with Gasteiger partial charge in [-0.2, -0.15) is 0 Å². The fourth-order valence-corrected chi connectivity index (χ4v) is 6.87. The number of phenolic OH excluding ortho intramolecular Hbond substituents is 2. The molecule has 2 unspecified atom stereocenters. The van der Waals surface area contributed by atoms with Gasteiger partial charge in [-0.3, -0.25) is 0 Å². The highest BCUT2D eigenvalue weighted by molar-refractivity contribution is 5.82. The molecule has 61 heavy (non-hydrogen) atoms. The van der Waals surface area contributed by atoms with Crippen LogP contribution in [0, 0.1) is 5.92 Å². The number of allylic oxidation sites excluding steroid dienone is 10. The second-order valence-electron chi connectivity index (χ2n) is 15.1. The minimum absolute atomic E-state index is 0.112. The molecule has 0 radical (unpaired) electrons. The van der Waals surface area contributed by atoms with E-state index in [-0.39, 0.29) is 29.9 Å². The molecule has 2 fully saturated rings. The van der Waals surface area contributed by atoms with Crippen molar-refractivity contribution in [2.75, 3.05) is 13.2 Å². The zero-order valence-electron chi connectivity index (χ0n) is 34.8. The molecule has 8 N–H and O–H groups in total. The molecule has 1 aromatic carbocycles. The molecule has 0 saturated carbocycles. The summed E-state index contributed by atoms with van der Waals surface area (Å²) in [5.74, 6) is -4.31. The summed E-state index contributed by atoms with van der Waals surface area (Å²) in [7, 11) is 0. The Morgan fingerprint density at radius 3 is 2.36 bits per heavy atom. The molecule has 16 nitrogen and oxygen atoms in total. The van der Waals surface area contributed by atoms with Gasteiger partial charge < -0.3 is 69.3 Å².